The van der Waals surface area contributed by atoms with Gasteiger partial charge in [-0.15, -0.1) is 0 Å². The van der Waals surface area contributed by atoms with Gasteiger partial charge in [0.1, 0.15) is 11.3 Å². The van der Waals surface area contributed by atoms with E-state index in [0.717, 1.165) is 19.3 Å². The second-order valence-electron chi connectivity index (χ2n) is 4.79. The van der Waals surface area contributed by atoms with Crippen molar-refractivity contribution in [1.29, 1.82) is 0 Å². The number of aliphatic carboxylic acids is 1. The molecular weight excluding hydrogens is 246 g/mol. The zero-order valence-corrected chi connectivity index (χ0v) is 10.6. The lowest BCUT2D eigenvalue weighted by molar-refractivity contribution is -0.148. The molecule has 1 aliphatic rings. The summed E-state index contributed by atoms with van der Waals surface area (Å²) in [6, 6.07) is 3.44. The van der Waals surface area contributed by atoms with Crippen LogP contribution in [0.1, 0.15) is 37.9 Å². The Labute approximate surface area is 111 Å². The Hall–Kier alpha value is -2.04. The summed E-state index contributed by atoms with van der Waals surface area (Å²) < 4.78 is 5.06. The zero-order chi connectivity index (χ0) is 13.7. The van der Waals surface area contributed by atoms with Crippen molar-refractivity contribution in [3.05, 3.63) is 30.2 Å². The fraction of sp³-hybridized carbons (Fsp3) is 0.429. The Kier molecular flexibility index (Phi) is 4.04. The number of carbonyl (C=O) groups is 2. The molecule has 0 aromatic carbocycles. The summed E-state index contributed by atoms with van der Waals surface area (Å²) in [6.07, 6.45) is 7.99. The summed E-state index contributed by atoms with van der Waals surface area (Å²) >= 11 is 0. The van der Waals surface area contributed by atoms with Crippen LogP contribution in [-0.4, -0.2) is 22.5 Å². The minimum absolute atomic E-state index is 0.402. The molecule has 0 atom stereocenters. The number of amides is 1. The van der Waals surface area contributed by atoms with Gasteiger partial charge < -0.3 is 14.8 Å². The number of rotatable bonds is 4. The number of carboxylic acid groups (broad SMARTS) is 1. The third-order valence-corrected chi connectivity index (χ3v) is 3.42. The lowest BCUT2D eigenvalue weighted by Crippen LogP contribution is -2.55. The molecule has 0 saturated heterocycles. The number of hydrogen-bond donors (Lipinski definition) is 2. The van der Waals surface area contributed by atoms with E-state index >= 15 is 0 Å². The molecule has 1 heterocycles. The molecule has 1 amide bonds. The highest BCUT2D eigenvalue weighted by Crippen LogP contribution is 2.28. The normalized spacial score (nSPS) is 18.3. The van der Waals surface area contributed by atoms with Crippen molar-refractivity contribution < 1.29 is 19.1 Å². The van der Waals surface area contributed by atoms with Gasteiger partial charge in [0.05, 0.1) is 6.26 Å². The minimum atomic E-state index is -1.11. The van der Waals surface area contributed by atoms with Gasteiger partial charge in [-0.3, -0.25) is 4.79 Å². The van der Waals surface area contributed by atoms with Gasteiger partial charge in [0, 0.05) is 6.08 Å². The molecule has 1 saturated carbocycles. The van der Waals surface area contributed by atoms with E-state index in [0.29, 0.717) is 18.6 Å². The van der Waals surface area contributed by atoms with Crippen molar-refractivity contribution >= 4 is 18.0 Å². The molecule has 1 aliphatic carbocycles. The molecule has 19 heavy (non-hydrogen) atoms. The van der Waals surface area contributed by atoms with E-state index in [1.165, 1.54) is 18.4 Å². The monoisotopic (exact) mass is 263 g/mol. The van der Waals surface area contributed by atoms with Crippen LogP contribution in [-0.2, 0) is 9.59 Å². The van der Waals surface area contributed by atoms with Crippen LogP contribution in [0, 0.1) is 0 Å². The van der Waals surface area contributed by atoms with Crippen LogP contribution in [0.5, 0.6) is 0 Å². The molecule has 0 spiro atoms. The summed E-state index contributed by atoms with van der Waals surface area (Å²) in [5.41, 5.74) is -1.11. The molecule has 5 heteroatoms. The number of carbonyl (C=O) groups excluding carboxylic acids is 1. The second kappa shape index (κ2) is 5.73. The smallest absolute Gasteiger partial charge is 0.329 e. The predicted molar refractivity (Wildman–Crippen MR) is 69.3 cm³/mol. The summed E-state index contributed by atoms with van der Waals surface area (Å²) in [5.74, 6) is -0.796. The summed E-state index contributed by atoms with van der Waals surface area (Å²) in [6.45, 7) is 0. The van der Waals surface area contributed by atoms with Crippen molar-refractivity contribution in [2.75, 3.05) is 0 Å². The van der Waals surface area contributed by atoms with E-state index in [4.69, 9.17) is 4.42 Å². The molecule has 1 fully saturated rings. The first-order valence-corrected chi connectivity index (χ1v) is 6.39. The Morgan fingerprint density at radius 3 is 2.63 bits per heavy atom. The predicted octanol–water partition coefficient (Wildman–Crippen LogP) is 2.20. The molecule has 1 aromatic heterocycles. The Bertz CT molecular complexity index is 470. The van der Waals surface area contributed by atoms with E-state index in [9.17, 15) is 14.7 Å². The van der Waals surface area contributed by atoms with Crippen molar-refractivity contribution in [3.8, 4) is 0 Å². The lowest BCUT2D eigenvalue weighted by atomic mass is 9.81. The highest BCUT2D eigenvalue weighted by Gasteiger charge is 2.40. The maximum atomic E-state index is 11.8. The lowest BCUT2D eigenvalue weighted by Gasteiger charge is -2.33. The average Bonchev–Trinajstić information content (AvgIpc) is 2.90. The van der Waals surface area contributed by atoms with E-state index in [1.807, 2.05) is 0 Å². The van der Waals surface area contributed by atoms with Crippen molar-refractivity contribution in [2.45, 2.75) is 37.6 Å². The molecule has 2 N–H and O–H groups in total. The van der Waals surface area contributed by atoms with Gasteiger partial charge in [0.2, 0.25) is 5.91 Å². The largest absolute Gasteiger partial charge is 0.480 e. The minimum Gasteiger partial charge on any atom is -0.480 e. The van der Waals surface area contributed by atoms with Gasteiger partial charge in [-0.05, 0) is 31.1 Å². The maximum absolute atomic E-state index is 11.8. The van der Waals surface area contributed by atoms with Crippen LogP contribution in [0.15, 0.2) is 28.9 Å². The molecular formula is C14H17NO4. The number of carboxylic acids is 1. The molecule has 102 valence electrons. The average molecular weight is 263 g/mol. The first-order chi connectivity index (χ1) is 9.12. The van der Waals surface area contributed by atoms with Gasteiger partial charge >= 0.3 is 5.97 Å². The zero-order valence-electron chi connectivity index (χ0n) is 10.6. The van der Waals surface area contributed by atoms with E-state index in [2.05, 4.69) is 5.32 Å². The number of nitrogens with one attached hydrogen (secondary N) is 1. The van der Waals surface area contributed by atoms with Crippen LogP contribution in [0.25, 0.3) is 6.08 Å². The molecule has 5 nitrogen and oxygen atoms in total. The van der Waals surface area contributed by atoms with Gasteiger partial charge in [-0.2, -0.15) is 0 Å². The first kappa shape index (κ1) is 13.4. The molecule has 2 rings (SSSR count). The fourth-order valence-corrected chi connectivity index (χ4v) is 2.37. The van der Waals surface area contributed by atoms with Gasteiger partial charge in [-0.25, -0.2) is 4.79 Å². The maximum Gasteiger partial charge on any atom is 0.329 e. The van der Waals surface area contributed by atoms with E-state index < -0.39 is 17.4 Å². The van der Waals surface area contributed by atoms with Crippen molar-refractivity contribution in [3.63, 3.8) is 0 Å². The third kappa shape index (κ3) is 3.24. The fourth-order valence-electron chi connectivity index (χ4n) is 2.37. The second-order valence-corrected chi connectivity index (χ2v) is 4.79. The van der Waals surface area contributed by atoms with Gasteiger partial charge in [0.25, 0.3) is 0 Å². The number of hydrogen-bond acceptors (Lipinski definition) is 3. The number of furan rings is 1. The highest BCUT2D eigenvalue weighted by molar-refractivity contribution is 5.95. The van der Waals surface area contributed by atoms with Crippen molar-refractivity contribution in [2.24, 2.45) is 0 Å². The van der Waals surface area contributed by atoms with Crippen LogP contribution in [0.3, 0.4) is 0 Å². The highest BCUT2D eigenvalue weighted by atomic mass is 16.4. The van der Waals surface area contributed by atoms with Gasteiger partial charge in [0.15, 0.2) is 0 Å². The molecule has 0 radical (unpaired) electrons. The quantitative estimate of drug-likeness (QED) is 0.816. The summed E-state index contributed by atoms with van der Waals surface area (Å²) in [5, 5.41) is 12.0. The van der Waals surface area contributed by atoms with E-state index in [-0.39, 0.29) is 0 Å². The molecule has 1 aromatic rings. The molecule has 0 bridgehead atoms. The van der Waals surface area contributed by atoms with Crippen LogP contribution in [0.2, 0.25) is 0 Å². The van der Waals surface area contributed by atoms with E-state index in [1.54, 1.807) is 12.1 Å². The van der Waals surface area contributed by atoms with Crippen LogP contribution < -0.4 is 5.32 Å². The molecule has 0 aliphatic heterocycles. The van der Waals surface area contributed by atoms with Crippen LogP contribution >= 0.6 is 0 Å². The Morgan fingerprint density at radius 1 is 1.32 bits per heavy atom. The van der Waals surface area contributed by atoms with Crippen molar-refractivity contribution in [1.82, 2.24) is 5.32 Å². The Morgan fingerprint density at radius 2 is 2.05 bits per heavy atom. The topological polar surface area (TPSA) is 79.5 Å². The standard InChI is InChI=1S/C14H17NO4/c16-12(7-6-11-5-4-10-19-11)15-14(13(17)18)8-2-1-3-9-14/h4-7,10H,1-3,8-9H2,(H,15,16)(H,17,18)/b7-6+. The van der Waals surface area contributed by atoms with Crippen LogP contribution in [0.4, 0.5) is 0 Å². The Balaban J connectivity index is 2.01. The molecule has 0 unspecified atom stereocenters. The van der Waals surface area contributed by atoms with Gasteiger partial charge in [-0.1, -0.05) is 19.3 Å². The summed E-state index contributed by atoms with van der Waals surface area (Å²) in [4.78, 5) is 23.2. The first-order valence-electron chi connectivity index (χ1n) is 6.39. The SMILES string of the molecule is O=C(/C=C/c1ccco1)NC1(C(=O)O)CCCCC1. The third-order valence-electron chi connectivity index (χ3n) is 3.42. The summed E-state index contributed by atoms with van der Waals surface area (Å²) in [7, 11) is 0.